The molecule has 0 amide bonds. The Bertz CT molecular complexity index is 1150. The minimum Gasteiger partial charge on any atom is -0.478 e. The molecular weight excluding hydrogens is 483 g/mol. The third-order valence-electron chi connectivity index (χ3n) is 2.97. The molecule has 13 heteroatoms. The van der Waals surface area contributed by atoms with Gasteiger partial charge < -0.3 is 5.11 Å². The molecule has 0 bridgehead atoms. The van der Waals surface area contributed by atoms with Crippen LogP contribution >= 0.6 is 19.8 Å². The van der Waals surface area contributed by atoms with Gasteiger partial charge >= 0.3 is 25.8 Å². The van der Waals surface area contributed by atoms with Crippen LogP contribution in [0.5, 0.6) is 0 Å². The molecule has 24 heavy (non-hydrogen) atoms. The van der Waals surface area contributed by atoms with Gasteiger partial charge in [-0.05, 0) is 12.1 Å². The summed E-state index contributed by atoms with van der Waals surface area (Å²) in [6.45, 7) is 0. The Morgan fingerprint density at radius 1 is 0.917 bits per heavy atom. The Morgan fingerprint density at radius 3 is 1.88 bits per heavy atom. The average Bonchev–Trinajstić information content (AvgIpc) is 2.41. The average molecular weight is 490 g/mol. The summed E-state index contributed by atoms with van der Waals surface area (Å²) in [7, 11) is -10.1. The third kappa shape index (κ3) is 3.25. The van der Waals surface area contributed by atoms with Gasteiger partial charge in [-0.2, -0.15) is 16.8 Å². The zero-order valence-electron chi connectivity index (χ0n) is 11.2. The van der Waals surface area contributed by atoms with Crippen molar-refractivity contribution >= 4 is 56.8 Å². The summed E-state index contributed by atoms with van der Waals surface area (Å²) in [5.41, 5.74) is -1.19. The monoisotopic (exact) mass is 490 g/mol. The molecule has 0 aromatic heterocycles. The van der Waals surface area contributed by atoms with Crippen molar-refractivity contribution in [3.8, 4) is 0 Å². The molecular formula is C11H7IO10S2. The van der Waals surface area contributed by atoms with Crippen molar-refractivity contribution < 1.29 is 42.0 Å². The first-order chi connectivity index (χ1) is 10.9. The zero-order valence-corrected chi connectivity index (χ0v) is 15.0. The SMILES string of the molecule is O=C(O)c1c(S(=O)(=O)O)cc2c(S(=O)(=O)O)cccc2c1I(=O)=O. The zero-order chi connectivity index (χ0) is 18.4. The molecule has 3 N–H and O–H groups in total. The van der Waals surface area contributed by atoms with Gasteiger partial charge in [0, 0.05) is 10.8 Å². The number of benzene rings is 2. The van der Waals surface area contributed by atoms with E-state index >= 15 is 0 Å². The molecule has 0 aliphatic carbocycles. The topological polar surface area (TPSA) is 180 Å². The fraction of sp³-hybridized carbons (Fsp3) is 0. The highest BCUT2D eigenvalue weighted by molar-refractivity contribution is 14.2. The van der Waals surface area contributed by atoms with Crippen LogP contribution in [0.15, 0.2) is 34.1 Å². The first-order valence-corrected chi connectivity index (χ1v) is 11.4. The molecule has 0 atom stereocenters. The Morgan fingerprint density at radius 2 is 1.46 bits per heavy atom. The fourth-order valence-electron chi connectivity index (χ4n) is 2.12. The summed E-state index contributed by atoms with van der Waals surface area (Å²) in [6.07, 6.45) is 0. The van der Waals surface area contributed by atoms with Crippen LogP contribution in [0.3, 0.4) is 0 Å². The quantitative estimate of drug-likeness (QED) is 0.419. The molecule has 0 unspecified atom stereocenters. The highest BCUT2D eigenvalue weighted by Crippen LogP contribution is 2.37. The van der Waals surface area contributed by atoms with Crippen molar-refractivity contribution in [3.63, 3.8) is 0 Å². The second-order valence-corrected chi connectivity index (χ2v) is 9.49. The number of aromatic carboxylic acids is 1. The van der Waals surface area contributed by atoms with Crippen LogP contribution in [0.4, 0.5) is 0 Å². The lowest BCUT2D eigenvalue weighted by molar-refractivity contribution is 0.0691. The van der Waals surface area contributed by atoms with Crippen molar-refractivity contribution in [2.24, 2.45) is 0 Å². The van der Waals surface area contributed by atoms with E-state index in [9.17, 15) is 36.9 Å². The van der Waals surface area contributed by atoms with Crippen molar-refractivity contribution in [2.45, 2.75) is 9.79 Å². The van der Waals surface area contributed by atoms with Crippen molar-refractivity contribution in [3.05, 3.63) is 33.4 Å². The standard InChI is InChI=1S/C11H7IO10S2/c13-11(14)9-8(24(20,21)22)4-6-5(10(9)12(15)16)2-1-3-7(6)23(17,18)19/h1-4H,(H,13,14)(H,17,18,19)(H,20,21,22). The molecule has 0 aliphatic heterocycles. The Labute approximate surface area is 141 Å². The number of hydrogen-bond donors (Lipinski definition) is 3. The predicted molar refractivity (Wildman–Crippen MR) is 84.6 cm³/mol. The van der Waals surface area contributed by atoms with E-state index in [4.69, 9.17) is 5.11 Å². The largest absolute Gasteiger partial charge is 0.478 e. The normalized spacial score (nSPS) is 12.6. The Kier molecular flexibility index (Phi) is 4.66. The summed E-state index contributed by atoms with van der Waals surface area (Å²) in [4.78, 5) is 9.20. The maximum Gasteiger partial charge on any atom is 0.342 e. The van der Waals surface area contributed by atoms with Gasteiger partial charge in [0.2, 0.25) is 0 Å². The first-order valence-electron chi connectivity index (χ1n) is 5.69. The molecule has 0 saturated heterocycles. The van der Waals surface area contributed by atoms with Gasteiger partial charge in [-0.25, -0.2) is 10.9 Å². The van der Waals surface area contributed by atoms with Gasteiger partial charge in [-0.15, -0.1) is 0 Å². The number of fused-ring (bicyclic) bond motifs is 1. The Hall–Kier alpha value is -1.68. The minimum atomic E-state index is -5.20. The predicted octanol–water partition coefficient (Wildman–Crippen LogP) is 1.40. The molecule has 2 aromatic carbocycles. The molecule has 0 fully saturated rings. The van der Waals surface area contributed by atoms with Crippen LogP contribution in [0.1, 0.15) is 10.4 Å². The van der Waals surface area contributed by atoms with Gasteiger partial charge in [0.05, 0.1) is 5.56 Å². The lowest BCUT2D eigenvalue weighted by Crippen LogP contribution is -2.12. The summed E-state index contributed by atoms with van der Waals surface area (Å²) in [6, 6.07) is 3.46. The number of carboxylic acid groups (broad SMARTS) is 1. The number of carbonyl (C=O) groups is 1. The number of hydrogen-bond acceptors (Lipinski definition) is 7. The molecule has 2 rings (SSSR count). The van der Waals surface area contributed by atoms with E-state index in [1.165, 1.54) is 0 Å². The van der Waals surface area contributed by atoms with Crippen LogP contribution in [0, 0.1) is 3.57 Å². The molecule has 10 nitrogen and oxygen atoms in total. The van der Waals surface area contributed by atoms with Crippen LogP contribution in [0.2, 0.25) is 0 Å². The van der Waals surface area contributed by atoms with E-state index in [0.29, 0.717) is 6.07 Å². The van der Waals surface area contributed by atoms with E-state index in [-0.39, 0.29) is 0 Å². The van der Waals surface area contributed by atoms with Gasteiger partial charge in [0.25, 0.3) is 20.2 Å². The van der Waals surface area contributed by atoms with Crippen LogP contribution in [0.25, 0.3) is 10.8 Å². The van der Waals surface area contributed by atoms with Gasteiger partial charge in [0.1, 0.15) is 13.4 Å². The number of carboxylic acids is 1. The van der Waals surface area contributed by atoms with Crippen LogP contribution in [-0.4, -0.2) is 37.0 Å². The van der Waals surface area contributed by atoms with E-state index in [1.54, 1.807) is 0 Å². The van der Waals surface area contributed by atoms with Crippen LogP contribution < -0.4 is 0 Å². The van der Waals surface area contributed by atoms with Gasteiger partial charge in [-0.1, -0.05) is 12.1 Å². The van der Waals surface area contributed by atoms with Crippen LogP contribution in [-0.2, 0) is 26.4 Å². The second-order valence-electron chi connectivity index (χ2n) is 4.39. The number of halogens is 1. The van der Waals surface area contributed by atoms with E-state index < -0.39 is 75.7 Å². The first kappa shape index (κ1) is 18.7. The highest BCUT2D eigenvalue weighted by Gasteiger charge is 2.30. The Balaban J connectivity index is 3.31. The molecule has 0 radical (unpaired) electrons. The maximum absolute atomic E-state index is 11.6. The van der Waals surface area contributed by atoms with Crippen molar-refractivity contribution in [2.75, 3.05) is 0 Å². The number of rotatable bonds is 4. The summed E-state index contributed by atoms with van der Waals surface area (Å²) >= 11 is -4.67. The lowest BCUT2D eigenvalue weighted by Gasteiger charge is -2.11. The highest BCUT2D eigenvalue weighted by atomic mass is 127. The smallest absolute Gasteiger partial charge is 0.342 e. The van der Waals surface area contributed by atoms with E-state index in [1.807, 2.05) is 0 Å². The molecule has 2 aromatic rings. The van der Waals surface area contributed by atoms with Crippen molar-refractivity contribution in [1.29, 1.82) is 0 Å². The molecule has 0 aliphatic rings. The fourth-order valence-corrected chi connectivity index (χ4v) is 5.62. The summed E-state index contributed by atoms with van der Waals surface area (Å²) in [5.74, 6) is -1.94. The van der Waals surface area contributed by atoms with Crippen molar-refractivity contribution in [1.82, 2.24) is 0 Å². The molecule has 130 valence electrons. The second kappa shape index (κ2) is 5.99. The summed E-state index contributed by atoms with van der Waals surface area (Å²) < 4.78 is 86.2. The van der Waals surface area contributed by atoms with Gasteiger partial charge in [0.15, 0.2) is 0 Å². The summed E-state index contributed by atoms with van der Waals surface area (Å²) in [5, 5.41) is 8.20. The molecule has 0 spiro atoms. The third-order valence-corrected chi connectivity index (χ3v) is 6.76. The minimum absolute atomic E-state index is 0.398. The van der Waals surface area contributed by atoms with E-state index in [2.05, 4.69) is 0 Å². The van der Waals surface area contributed by atoms with Gasteiger partial charge in [-0.3, -0.25) is 9.11 Å². The van der Waals surface area contributed by atoms with E-state index in [0.717, 1.165) is 18.2 Å². The molecule has 0 saturated carbocycles. The molecule has 0 heterocycles. The maximum atomic E-state index is 11.6. The lowest BCUT2D eigenvalue weighted by atomic mass is 10.1.